The molecule has 0 amide bonds. The highest BCUT2D eigenvalue weighted by Crippen LogP contribution is 2.47. The second-order valence-corrected chi connectivity index (χ2v) is 7.70. The molecule has 0 bridgehead atoms. The van der Waals surface area contributed by atoms with E-state index in [0.717, 1.165) is 0 Å². The number of rotatable bonds is 5. The Bertz CT molecular complexity index is 1270. The summed E-state index contributed by atoms with van der Waals surface area (Å²) in [6.07, 6.45) is -5.90. The predicted molar refractivity (Wildman–Crippen MR) is 116 cm³/mol. The fraction of sp³-hybridized carbons (Fsp3) is 0.348. The quantitative estimate of drug-likeness (QED) is 0.487. The van der Waals surface area contributed by atoms with Crippen molar-refractivity contribution < 1.29 is 48.2 Å². The van der Waals surface area contributed by atoms with E-state index in [9.17, 15) is 20.1 Å². The van der Waals surface area contributed by atoms with Gasteiger partial charge in [0.25, 0.3) is 0 Å². The van der Waals surface area contributed by atoms with Gasteiger partial charge in [-0.1, -0.05) is 0 Å². The summed E-state index contributed by atoms with van der Waals surface area (Å²) in [6.45, 7) is -0.352. The van der Waals surface area contributed by atoms with Crippen molar-refractivity contribution in [2.45, 2.75) is 24.6 Å². The Morgan fingerprint density at radius 2 is 1.74 bits per heavy atom. The number of methoxy groups -OCH3 is 2. The van der Waals surface area contributed by atoms with Gasteiger partial charge in [0.15, 0.2) is 17.3 Å². The van der Waals surface area contributed by atoms with Gasteiger partial charge in [-0.3, -0.25) is 4.79 Å². The Morgan fingerprint density at radius 3 is 2.44 bits per heavy atom. The van der Waals surface area contributed by atoms with Crippen LogP contribution in [0.1, 0.15) is 0 Å². The van der Waals surface area contributed by atoms with E-state index >= 15 is 0 Å². The van der Waals surface area contributed by atoms with Gasteiger partial charge < -0.3 is 48.2 Å². The molecule has 5 rings (SSSR count). The second kappa shape index (κ2) is 8.69. The monoisotopic (exact) mass is 474 g/mol. The van der Waals surface area contributed by atoms with Crippen LogP contribution in [0.4, 0.5) is 0 Å². The van der Waals surface area contributed by atoms with Crippen LogP contribution in [0.25, 0.3) is 22.3 Å². The van der Waals surface area contributed by atoms with Crippen LogP contribution in [0, 0.1) is 0 Å². The zero-order valence-corrected chi connectivity index (χ0v) is 18.2. The largest absolute Gasteiger partial charge is 0.497 e. The summed E-state index contributed by atoms with van der Waals surface area (Å²) in [4.78, 5) is 13.7. The Labute approximate surface area is 192 Å². The first-order valence-corrected chi connectivity index (χ1v) is 10.4. The molecular formula is C23H22O11. The van der Waals surface area contributed by atoms with Crippen LogP contribution in [0.5, 0.6) is 28.7 Å². The first kappa shape index (κ1) is 22.3. The van der Waals surface area contributed by atoms with E-state index in [1.54, 1.807) is 24.3 Å². The zero-order chi connectivity index (χ0) is 24.0. The highest BCUT2D eigenvalue weighted by Gasteiger charge is 2.40. The SMILES string of the molecule is COc1ccc(-c2oc3cc4c(c(OC)c3c(=O)c2O[C@@H]2OC[C@@H](O)[C@H](O)[C@H]2O)OCO4)cc1. The van der Waals surface area contributed by atoms with E-state index in [4.69, 9.17) is 32.8 Å². The van der Waals surface area contributed by atoms with Crippen molar-refractivity contribution in [3.8, 4) is 40.1 Å². The molecule has 1 fully saturated rings. The number of aliphatic hydroxyl groups is 3. The van der Waals surface area contributed by atoms with Gasteiger partial charge in [-0.15, -0.1) is 0 Å². The van der Waals surface area contributed by atoms with Gasteiger partial charge in [0.2, 0.25) is 30.0 Å². The molecule has 4 atom stereocenters. The van der Waals surface area contributed by atoms with E-state index in [1.807, 2.05) is 0 Å². The summed E-state index contributed by atoms with van der Waals surface area (Å²) in [7, 11) is 2.90. The lowest BCUT2D eigenvalue weighted by Gasteiger charge is -2.34. The molecule has 11 nitrogen and oxygen atoms in total. The van der Waals surface area contributed by atoms with Crippen molar-refractivity contribution in [2.75, 3.05) is 27.6 Å². The van der Waals surface area contributed by atoms with Crippen molar-refractivity contribution in [3.63, 3.8) is 0 Å². The fourth-order valence-corrected chi connectivity index (χ4v) is 3.89. The molecular weight excluding hydrogens is 452 g/mol. The number of aliphatic hydroxyl groups excluding tert-OH is 3. The summed E-state index contributed by atoms with van der Waals surface area (Å²) in [5.41, 5.74) is 0.000724. The van der Waals surface area contributed by atoms with Gasteiger partial charge in [0.1, 0.15) is 35.0 Å². The first-order valence-electron chi connectivity index (χ1n) is 10.4. The smallest absolute Gasteiger partial charge is 0.239 e. The number of hydrogen-bond donors (Lipinski definition) is 3. The molecule has 0 spiro atoms. The molecule has 0 radical (unpaired) electrons. The van der Waals surface area contributed by atoms with Crippen LogP contribution in [0.15, 0.2) is 39.5 Å². The van der Waals surface area contributed by atoms with Crippen molar-refractivity contribution in [1.82, 2.24) is 0 Å². The van der Waals surface area contributed by atoms with Gasteiger partial charge in [0, 0.05) is 11.6 Å². The maximum absolute atomic E-state index is 13.7. The second-order valence-electron chi connectivity index (χ2n) is 7.70. The highest BCUT2D eigenvalue weighted by atomic mass is 16.7. The molecule has 3 N–H and O–H groups in total. The molecule has 1 saturated heterocycles. The summed E-state index contributed by atoms with van der Waals surface area (Å²) in [6, 6.07) is 8.20. The van der Waals surface area contributed by atoms with Gasteiger partial charge in [-0.2, -0.15) is 0 Å². The fourth-order valence-electron chi connectivity index (χ4n) is 3.89. The number of ether oxygens (including phenoxy) is 6. The molecule has 0 unspecified atom stereocenters. The summed E-state index contributed by atoms with van der Waals surface area (Å²) >= 11 is 0. The molecule has 1 aromatic heterocycles. The molecule has 0 saturated carbocycles. The number of benzene rings is 2. The summed E-state index contributed by atoms with van der Waals surface area (Å²) in [5.74, 6) is 1.04. The Morgan fingerprint density at radius 1 is 0.971 bits per heavy atom. The highest BCUT2D eigenvalue weighted by molar-refractivity contribution is 5.92. The van der Waals surface area contributed by atoms with Crippen molar-refractivity contribution in [2.24, 2.45) is 0 Å². The summed E-state index contributed by atoms with van der Waals surface area (Å²) in [5, 5.41) is 30.2. The molecule has 2 aromatic carbocycles. The van der Waals surface area contributed by atoms with E-state index in [-0.39, 0.29) is 47.4 Å². The lowest BCUT2D eigenvalue weighted by molar-refractivity contribution is -0.242. The first-order chi connectivity index (χ1) is 16.4. The molecule has 34 heavy (non-hydrogen) atoms. The molecule has 3 aromatic rings. The summed E-state index contributed by atoms with van der Waals surface area (Å²) < 4.78 is 38.7. The molecule has 0 aliphatic carbocycles. The Hall–Kier alpha value is -3.51. The molecule has 2 aliphatic heterocycles. The average molecular weight is 474 g/mol. The van der Waals surface area contributed by atoms with Gasteiger partial charge in [-0.25, -0.2) is 0 Å². The minimum absolute atomic E-state index is 0.0323. The van der Waals surface area contributed by atoms with Crippen molar-refractivity contribution in [1.29, 1.82) is 0 Å². The topological polar surface area (TPSA) is 146 Å². The van der Waals surface area contributed by atoms with Crippen LogP contribution < -0.4 is 29.1 Å². The lowest BCUT2D eigenvalue weighted by Crippen LogP contribution is -2.55. The molecule has 180 valence electrons. The van der Waals surface area contributed by atoms with Crippen LogP contribution in [0.2, 0.25) is 0 Å². The van der Waals surface area contributed by atoms with Crippen LogP contribution in [-0.4, -0.2) is 67.5 Å². The van der Waals surface area contributed by atoms with E-state index in [2.05, 4.69) is 0 Å². The minimum Gasteiger partial charge on any atom is -0.497 e. The van der Waals surface area contributed by atoms with E-state index in [1.165, 1.54) is 20.3 Å². The average Bonchev–Trinajstić information content (AvgIpc) is 3.32. The molecule has 2 aliphatic rings. The van der Waals surface area contributed by atoms with Crippen LogP contribution in [0.3, 0.4) is 0 Å². The predicted octanol–water partition coefficient (Wildman–Crippen LogP) is 1.02. The van der Waals surface area contributed by atoms with Crippen LogP contribution >= 0.6 is 0 Å². The third-order valence-electron chi connectivity index (χ3n) is 5.68. The van der Waals surface area contributed by atoms with Crippen molar-refractivity contribution >= 4 is 11.0 Å². The third kappa shape index (κ3) is 3.59. The van der Waals surface area contributed by atoms with E-state index < -0.39 is 30.0 Å². The lowest BCUT2D eigenvalue weighted by atomic mass is 10.1. The minimum atomic E-state index is -1.62. The molecule has 11 heteroatoms. The maximum atomic E-state index is 13.7. The normalized spacial score (nSPS) is 23.7. The van der Waals surface area contributed by atoms with Crippen LogP contribution in [-0.2, 0) is 4.74 Å². The zero-order valence-electron chi connectivity index (χ0n) is 18.2. The van der Waals surface area contributed by atoms with Gasteiger partial charge in [-0.05, 0) is 24.3 Å². The van der Waals surface area contributed by atoms with Crippen molar-refractivity contribution in [3.05, 3.63) is 40.6 Å². The third-order valence-corrected chi connectivity index (χ3v) is 5.68. The van der Waals surface area contributed by atoms with E-state index in [0.29, 0.717) is 17.1 Å². The maximum Gasteiger partial charge on any atom is 0.239 e. The molecule has 3 heterocycles. The Balaban J connectivity index is 1.71. The number of hydrogen-bond acceptors (Lipinski definition) is 11. The van der Waals surface area contributed by atoms with Gasteiger partial charge >= 0.3 is 0 Å². The number of fused-ring (bicyclic) bond motifs is 2. The Kier molecular flexibility index (Phi) is 5.70. The van der Waals surface area contributed by atoms with Gasteiger partial charge in [0.05, 0.1) is 20.8 Å². The standard InChI is InChI=1S/C23H22O11/c1-28-11-5-3-10(4-6-11)19-22(34-23-18(27)16(25)12(24)8-30-23)17(26)15-13(33-19)7-14-20(21(15)29-2)32-9-31-14/h3-7,12,16,18,23-25,27H,8-9H2,1-2H3/t12-,16+,18-,23+/m1/s1.